The maximum absolute atomic E-state index is 10.2. The summed E-state index contributed by atoms with van der Waals surface area (Å²) >= 11 is 0. The number of ether oxygens (including phenoxy) is 2. The van der Waals surface area contributed by atoms with Crippen molar-refractivity contribution in [1.82, 2.24) is 4.98 Å². The number of aliphatic hydroxyl groups excluding tert-OH is 1. The van der Waals surface area contributed by atoms with Gasteiger partial charge in [0.2, 0.25) is 0 Å². The molecule has 0 bridgehead atoms. The molecule has 0 saturated heterocycles. The third-order valence-corrected chi connectivity index (χ3v) is 4.01. The zero-order chi connectivity index (χ0) is 28.3. The van der Waals surface area contributed by atoms with Gasteiger partial charge in [-0.05, 0) is 22.9 Å². The number of pyridine rings is 1. The number of methoxy groups -OCH3 is 1. The Morgan fingerprint density at radius 2 is 1.16 bits per heavy atom. The van der Waals surface area contributed by atoms with Crippen molar-refractivity contribution in [2.45, 2.75) is 61.0 Å². The number of hydrogen-bond donors (Lipinski definition) is 1. The number of esters is 1. The molecular weight excluding hydrogens is 462 g/mol. The van der Waals surface area contributed by atoms with Gasteiger partial charge in [-0.3, -0.25) is 9.78 Å². The average molecular weight is 510 g/mol. The number of carbonyl (C=O) groups excluding carboxylic acids is 1. The first-order chi connectivity index (χ1) is 18.0. The molecule has 0 aliphatic rings. The fourth-order valence-corrected chi connectivity index (χ4v) is 2.60. The molecule has 4 rings (SSSR count). The Kier molecular flexibility index (Phi) is 25.0. The van der Waals surface area contributed by atoms with E-state index in [-0.39, 0.29) is 13.2 Å². The lowest BCUT2D eigenvalue weighted by Crippen LogP contribution is -2.22. The minimum Gasteiger partial charge on any atom is -0.463 e. The number of aliphatic hydroxyl groups is 1. The van der Waals surface area contributed by atoms with Gasteiger partial charge in [-0.15, -0.1) is 0 Å². The number of fused-ring (bicyclic) bond motifs is 2. The van der Waals surface area contributed by atoms with Crippen LogP contribution in [0.5, 0.6) is 0 Å². The minimum absolute atomic E-state index is 0.00315. The van der Waals surface area contributed by atoms with Gasteiger partial charge in [0.25, 0.3) is 0 Å². The molecule has 1 aromatic heterocycles. The molecule has 1 unspecified atom stereocenters. The van der Waals surface area contributed by atoms with Crippen molar-refractivity contribution in [3.8, 4) is 0 Å². The highest BCUT2D eigenvalue weighted by Gasteiger charge is 2.03. The first kappa shape index (κ1) is 35.9. The van der Waals surface area contributed by atoms with E-state index in [0.717, 1.165) is 5.52 Å². The minimum atomic E-state index is -0.714. The van der Waals surface area contributed by atoms with Crippen LogP contribution in [-0.4, -0.2) is 42.5 Å². The standard InChI is InChI=1S/C10H8.C9H7N.C6H12O4.C3H8.2C2H6/c1-2-6-10-8-4-3-7-9(10)5-1;1-2-6-9-8(4-1)5-3-7-10-9;1-5(7)10-4-6(8)3-9-2;1-3-2;2*1-2/h1-8H;1-7H;6,8H,3-4H2,1-2H3;3H2,1-2H3;2*1-2H3. The van der Waals surface area contributed by atoms with Gasteiger partial charge in [-0.1, -0.05) is 121 Å². The molecule has 5 heteroatoms. The Morgan fingerprint density at radius 3 is 1.57 bits per heavy atom. The van der Waals surface area contributed by atoms with Gasteiger partial charge < -0.3 is 14.6 Å². The SMILES string of the molecule is CC.CC.CCC.COCC(O)COC(C)=O.c1ccc2ccccc2c1.c1ccc2ncccc2c1. The van der Waals surface area contributed by atoms with E-state index in [4.69, 9.17) is 5.11 Å². The van der Waals surface area contributed by atoms with Crippen LogP contribution in [0.25, 0.3) is 21.7 Å². The molecule has 1 heterocycles. The Balaban J connectivity index is 0. The molecule has 0 radical (unpaired) electrons. The molecule has 0 saturated carbocycles. The van der Waals surface area contributed by atoms with Crippen LogP contribution in [0.3, 0.4) is 0 Å². The predicted molar refractivity (Wildman–Crippen MR) is 159 cm³/mol. The number of aromatic nitrogens is 1. The summed E-state index contributed by atoms with van der Waals surface area (Å²) < 4.78 is 9.08. The number of para-hydroxylation sites is 1. The van der Waals surface area contributed by atoms with E-state index >= 15 is 0 Å². The molecule has 0 aliphatic heterocycles. The maximum Gasteiger partial charge on any atom is 0.302 e. The number of benzene rings is 3. The zero-order valence-corrected chi connectivity index (χ0v) is 24.0. The van der Waals surface area contributed by atoms with Crippen molar-refractivity contribution in [1.29, 1.82) is 0 Å². The summed E-state index contributed by atoms with van der Waals surface area (Å²) in [5.74, 6) is -0.393. The van der Waals surface area contributed by atoms with Crippen LogP contribution in [-0.2, 0) is 14.3 Å². The number of nitrogens with zero attached hydrogens (tertiary/aromatic N) is 1. The van der Waals surface area contributed by atoms with Gasteiger partial charge in [-0.2, -0.15) is 0 Å². The monoisotopic (exact) mass is 509 g/mol. The van der Waals surface area contributed by atoms with Crippen LogP contribution < -0.4 is 0 Å². The van der Waals surface area contributed by atoms with Crippen LogP contribution >= 0.6 is 0 Å². The normalized spacial score (nSPS) is 9.65. The third kappa shape index (κ3) is 18.6. The quantitative estimate of drug-likeness (QED) is 0.281. The summed E-state index contributed by atoms with van der Waals surface area (Å²) in [6, 6.07) is 28.8. The average Bonchev–Trinajstić information content (AvgIpc) is 2.95. The van der Waals surface area contributed by atoms with Gasteiger partial charge in [0.1, 0.15) is 12.7 Å². The molecule has 0 aliphatic carbocycles. The fraction of sp³-hybridized carbons (Fsp3) is 0.375. The fourth-order valence-electron chi connectivity index (χ4n) is 2.60. The van der Waals surface area contributed by atoms with E-state index in [9.17, 15) is 4.79 Å². The maximum atomic E-state index is 10.2. The summed E-state index contributed by atoms with van der Waals surface area (Å²) in [4.78, 5) is 14.4. The molecule has 0 amide bonds. The predicted octanol–water partition coefficient (Wildman–Crippen LogP) is 8.10. The molecule has 1 N–H and O–H groups in total. The molecule has 5 nitrogen and oxygen atoms in total. The van der Waals surface area contributed by atoms with E-state index in [2.05, 4.69) is 89.0 Å². The van der Waals surface area contributed by atoms with E-state index in [1.165, 1.54) is 36.6 Å². The van der Waals surface area contributed by atoms with E-state index in [1.807, 2.05) is 58.2 Å². The van der Waals surface area contributed by atoms with Crippen LogP contribution in [0.1, 0.15) is 54.9 Å². The summed E-state index contributed by atoms with van der Waals surface area (Å²) in [5.41, 5.74) is 1.06. The summed E-state index contributed by atoms with van der Waals surface area (Å²) in [5, 5.41) is 12.7. The lowest BCUT2D eigenvalue weighted by Gasteiger charge is -2.07. The highest BCUT2D eigenvalue weighted by Crippen LogP contribution is 2.11. The number of carbonyl (C=O) groups is 1. The van der Waals surface area contributed by atoms with Gasteiger partial charge in [0.15, 0.2) is 0 Å². The van der Waals surface area contributed by atoms with E-state index < -0.39 is 12.1 Å². The Labute approximate surface area is 224 Å². The van der Waals surface area contributed by atoms with Crippen molar-refractivity contribution < 1.29 is 19.4 Å². The lowest BCUT2D eigenvalue weighted by molar-refractivity contribution is -0.144. The van der Waals surface area contributed by atoms with Crippen LogP contribution in [0.4, 0.5) is 0 Å². The van der Waals surface area contributed by atoms with Crippen molar-refractivity contribution in [2.24, 2.45) is 0 Å². The smallest absolute Gasteiger partial charge is 0.302 e. The first-order valence-electron chi connectivity index (χ1n) is 13.1. The molecule has 0 spiro atoms. The van der Waals surface area contributed by atoms with Gasteiger partial charge in [0, 0.05) is 25.6 Å². The molecular formula is C32H47NO4. The van der Waals surface area contributed by atoms with E-state index in [0.29, 0.717) is 0 Å². The molecule has 37 heavy (non-hydrogen) atoms. The van der Waals surface area contributed by atoms with Crippen molar-refractivity contribution >= 4 is 27.6 Å². The highest BCUT2D eigenvalue weighted by molar-refractivity contribution is 5.82. The molecule has 1 atom stereocenters. The van der Waals surface area contributed by atoms with Gasteiger partial charge in [0.05, 0.1) is 12.1 Å². The topological polar surface area (TPSA) is 68.7 Å². The largest absolute Gasteiger partial charge is 0.463 e. The molecule has 4 aromatic rings. The molecule has 204 valence electrons. The summed E-state index contributed by atoms with van der Waals surface area (Å²) in [7, 11) is 1.47. The highest BCUT2D eigenvalue weighted by atomic mass is 16.5. The van der Waals surface area contributed by atoms with Crippen molar-refractivity contribution in [3.63, 3.8) is 0 Å². The van der Waals surface area contributed by atoms with Crippen LogP contribution in [0.15, 0.2) is 91.1 Å². The molecule has 3 aromatic carbocycles. The molecule has 0 fully saturated rings. The van der Waals surface area contributed by atoms with E-state index in [1.54, 1.807) is 0 Å². The summed E-state index contributed by atoms with van der Waals surface area (Å²) in [6.07, 6.45) is 2.34. The van der Waals surface area contributed by atoms with Crippen molar-refractivity contribution in [3.05, 3.63) is 91.1 Å². The zero-order valence-electron chi connectivity index (χ0n) is 24.0. The number of hydrogen-bond acceptors (Lipinski definition) is 5. The summed E-state index contributed by atoms with van der Waals surface area (Å²) in [6.45, 7) is 13.7. The van der Waals surface area contributed by atoms with Crippen molar-refractivity contribution in [2.75, 3.05) is 20.3 Å². The van der Waals surface area contributed by atoms with Crippen LogP contribution in [0, 0.1) is 0 Å². The lowest BCUT2D eigenvalue weighted by atomic mass is 10.1. The Bertz CT molecular complexity index is 850. The van der Waals surface area contributed by atoms with Crippen LogP contribution in [0.2, 0.25) is 0 Å². The third-order valence-electron chi connectivity index (χ3n) is 4.01. The Hall–Kier alpha value is -3.28. The Morgan fingerprint density at radius 1 is 0.757 bits per heavy atom. The first-order valence-corrected chi connectivity index (χ1v) is 13.1. The van der Waals surface area contributed by atoms with Gasteiger partial charge in [-0.25, -0.2) is 0 Å². The second-order valence-corrected chi connectivity index (χ2v) is 7.16. The second-order valence-electron chi connectivity index (χ2n) is 7.16. The van der Waals surface area contributed by atoms with Gasteiger partial charge >= 0.3 is 5.97 Å². The number of rotatable bonds is 4. The second kappa shape index (κ2) is 25.8.